The number of nitrogens with zero attached hydrogens (tertiary/aromatic N) is 2. The Labute approximate surface area is 129 Å². The van der Waals surface area contributed by atoms with Gasteiger partial charge >= 0.3 is 0 Å². The lowest BCUT2D eigenvalue weighted by molar-refractivity contribution is 0.101. The minimum Gasteiger partial charge on any atom is -0.396 e. The summed E-state index contributed by atoms with van der Waals surface area (Å²) in [5.74, 6) is -0.256. The first-order valence-corrected chi connectivity index (χ1v) is 7.49. The van der Waals surface area contributed by atoms with Crippen LogP contribution < -0.4 is 11.1 Å². The van der Waals surface area contributed by atoms with Crippen LogP contribution in [0.15, 0.2) is 30.3 Å². The first-order chi connectivity index (χ1) is 10.7. The van der Waals surface area contributed by atoms with Crippen molar-refractivity contribution in [3.05, 3.63) is 47.3 Å². The third-order valence-corrected chi connectivity index (χ3v) is 4.06. The Hall–Kier alpha value is -2.74. The van der Waals surface area contributed by atoms with Gasteiger partial charge in [-0.3, -0.25) is 4.79 Å². The number of nitrogen functional groups attached to an aromatic ring is 1. The van der Waals surface area contributed by atoms with Crippen LogP contribution in [0.3, 0.4) is 0 Å². The van der Waals surface area contributed by atoms with Crippen molar-refractivity contribution in [2.24, 2.45) is 0 Å². The Morgan fingerprint density at radius 2 is 2.00 bits per heavy atom. The predicted octanol–water partition coefficient (Wildman–Crippen LogP) is 2.92. The van der Waals surface area contributed by atoms with Crippen LogP contribution in [-0.2, 0) is 13.0 Å². The molecule has 1 amide bonds. The summed E-state index contributed by atoms with van der Waals surface area (Å²) in [4.78, 5) is 12.6. The molecule has 22 heavy (non-hydrogen) atoms. The van der Waals surface area contributed by atoms with Crippen LogP contribution in [-0.4, -0.2) is 10.5 Å². The third-order valence-electron chi connectivity index (χ3n) is 4.06. The molecule has 0 saturated carbocycles. The number of nitrogens with one attached hydrogen (secondary N) is 1. The summed E-state index contributed by atoms with van der Waals surface area (Å²) >= 11 is 0. The number of benzene rings is 1. The van der Waals surface area contributed by atoms with E-state index >= 15 is 0 Å². The Balaban J connectivity index is 2.01. The molecular weight excluding hydrogens is 276 g/mol. The zero-order valence-corrected chi connectivity index (χ0v) is 12.3. The van der Waals surface area contributed by atoms with Crippen LogP contribution in [0.1, 0.15) is 41.0 Å². The van der Waals surface area contributed by atoms with Crippen molar-refractivity contribution in [3.8, 4) is 6.07 Å². The van der Waals surface area contributed by atoms with E-state index in [9.17, 15) is 10.1 Å². The topological polar surface area (TPSA) is 83.8 Å². The number of para-hydroxylation sites is 1. The highest BCUT2D eigenvalue weighted by atomic mass is 16.2. The number of carbonyl (C=O) groups excluding carboxylic acids is 1. The summed E-state index contributed by atoms with van der Waals surface area (Å²) in [7, 11) is 0. The van der Waals surface area contributed by atoms with Gasteiger partial charge in [-0.05, 0) is 31.4 Å². The predicted molar refractivity (Wildman–Crippen MR) is 85.5 cm³/mol. The standard InChI is InChI=1S/C17H18N4O/c18-11-13-14-9-5-2-6-10-21(14)16(15(13)19)17(22)20-12-7-3-1-4-8-12/h1,3-4,7-8H,2,5-6,9-10,19H2,(H,20,22). The highest BCUT2D eigenvalue weighted by molar-refractivity contribution is 6.07. The number of nitriles is 1. The fourth-order valence-electron chi connectivity index (χ4n) is 3.02. The van der Waals surface area contributed by atoms with Crippen LogP contribution in [0.5, 0.6) is 0 Å². The molecule has 5 nitrogen and oxygen atoms in total. The van der Waals surface area contributed by atoms with Gasteiger partial charge in [0.05, 0.1) is 11.3 Å². The van der Waals surface area contributed by atoms with Gasteiger partial charge in [0.15, 0.2) is 0 Å². The largest absolute Gasteiger partial charge is 0.396 e. The Kier molecular flexibility index (Phi) is 3.84. The van der Waals surface area contributed by atoms with E-state index in [-0.39, 0.29) is 5.91 Å². The summed E-state index contributed by atoms with van der Waals surface area (Å²) < 4.78 is 1.93. The normalized spacial score (nSPS) is 13.8. The van der Waals surface area contributed by atoms with Crippen LogP contribution in [0.25, 0.3) is 0 Å². The molecule has 1 aromatic heterocycles. The van der Waals surface area contributed by atoms with Crippen molar-refractivity contribution in [1.29, 1.82) is 5.26 Å². The molecular formula is C17H18N4O. The number of amides is 1. The number of aromatic nitrogens is 1. The maximum Gasteiger partial charge on any atom is 0.274 e. The smallest absolute Gasteiger partial charge is 0.274 e. The second-order valence-electron chi connectivity index (χ2n) is 5.48. The van der Waals surface area contributed by atoms with Crippen molar-refractivity contribution in [1.82, 2.24) is 4.57 Å². The van der Waals surface area contributed by atoms with Gasteiger partial charge in [-0.25, -0.2) is 0 Å². The van der Waals surface area contributed by atoms with Gasteiger partial charge in [-0.1, -0.05) is 24.6 Å². The number of hydrogen-bond donors (Lipinski definition) is 2. The van der Waals surface area contributed by atoms with Crippen molar-refractivity contribution in [2.45, 2.75) is 32.2 Å². The number of carbonyl (C=O) groups is 1. The molecule has 2 aromatic rings. The molecule has 0 radical (unpaired) electrons. The van der Waals surface area contributed by atoms with E-state index in [2.05, 4.69) is 11.4 Å². The van der Waals surface area contributed by atoms with E-state index in [1.165, 1.54) is 0 Å². The molecule has 0 fully saturated rings. The quantitative estimate of drug-likeness (QED) is 0.893. The van der Waals surface area contributed by atoms with E-state index in [0.717, 1.165) is 43.6 Å². The molecule has 0 saturated heterocycles. The van der Waals surface area contributed by atoms with E-state index in [4.69, 9.17) is 5.73 Å². The Bertz CT molecular complexity index is 740. The number of fused-ring (bicyclic) bond motifs is 1. The molecule has 1 aliphatic rings. The lowest BCUT2D eigenvalue weighted by Gasteiger charge is -2.11. The van der Waals surface area contributed by atoms with Crippen molar-refractivity contribution in [2.75, 3.05) is 11.1 Å². The first kappa shape index (κ1) is 14.2. The van der Waals surface area contributed by atoms with Gasteiger partial charge in [0, 0.05) is 17.9 Å². The minimum absolute atomic E-state index is 0.256. The van der Waals surface area contributed by atoms with Gasteiger partial charge in [-0.2, -0.15) is 5.26 Å². The van der Waals surface area contributed by atoms with E-state index in [1.807, 2.05) is 34.9 Å². The molecule has 3 rings (SSSR count). The van der Waals surface area contributed by atoms with Crippen LogP contribution in [0.4, 0.5) is 11.4 Å². The molecule has 2 heterocycles. The van der Waals surface area contributed by atoms with Crippen LogP contribution in [0.2, 0.25) is 0 Å². The molecule has 5 heteroatoms. The summed E-state index contributed by atoms with van der Waals surface area (Å²) in [6.07, 6.45) is 3.92. The summed E-state index contributed by atoms with van der Waals surface area (Å²) in [6.45, 7) is 0.735. The van der Waals surface area contributed by atoms with E-state index in [0.29, 0.717) is 16.9 Å². The van der Waals surface area contributed by atoms with E-state index < -0.39 is 0 Å². The van der Waals surface area contributed by atoms with Gasteiger partial charge in [0.2, 0.25) is 0 Å². The summed E-state index contributed by atoms with van der Waals surface area (Å²) in [5.41, 5.74) is 8.88. The molecule has 112 valence electrons. The van der Waals surface area contributed by atoms with Gasteiger partial charge < -0.3 is 15.6 Å². The average molecular weight is 294 g/mol. The second-order valence-corrected chi connectivity index (χ2v) is 5.48. The van der Waals surface area contributed by atoms with Crippen LogP contribution in [0, 0.1) is 11.3 Å². The third kappa shape index (κ3) is 2.44. The molecule has 3 N–H and O–H groups in total. The molecule has 0 aliphatic carbocycles. The van der Waals surface area contributed by atoms with Crippen LogP contribution >= 0.6 is 0 Å². The minimum atomic E-state index is -0.256. The summed E-state index contributed by atoms with van der Waals surface area (Å²) in [6, 6.07) is 11.4. The Morgan fingerprint density at radius 3 is 2.73 bits per heavy atom. The molecule has 0 atom stereocenters. The van der Waals surface area contributed by atoms with Crippen molar-refractivity contribution in [3.63, 3.8) is 0 Å². The van der Waals surface area contributed by atoms with Crippen molar-refractivity contribution < 1.29 is 4.79 Å². The Morgan fingerprint density at radius 1 is 1.23 bits per heavy atom. The first-order valence-electron chi connectivity index (χ1n) is 7.49. The molecule has 0 spiro atoms. The zero-order chi connectivity index (χ0) is 15.5. The fourth-order valence-corrected chi connectivity index (χ4v) is 3.02. The highest BCUT2D eigenvalue weighted by Crippen LogP contribution is 2.30. The average Bonchev–Trinajstić information content (AvgIpc) is 2.66. The van der Waals surface area contributed by atoms with Gasteiger partial charge in [0.1, 0.15) is 11.8 Å². The SMILES string of the molecule is N#Cc1c(N)c(C(=O)Nc2ccccc2)n2c1CCCCC2. The summed E-state index contributed by atoms with van der Waals surface area (Å²) in [5, 5.41) is 12.2. The number of nitrogens with two attached hydrogens (primary N) is 1. The lowest BCUT2D eigenvalue weighted by Crippen LogP contribution is -2.19. The maximum atomic E-state index is 12.6. The monoisotopic (exact) mass is 294 g/mol. The van der Waals surface area contributed by atoms with Gasteiger partial charge in [-0.15, -0.1) is 0 Å². The molecule has 0 bridgehead atoms. The lowest BCUT2D eigenvalue weighted by atomic mass is 10.1. The van der Waals surface area contributed by atoms with Crippen molar-refractivity contribution >= 4 is 17.3 Å². The fraction of sp³-hybridized carbons (Fsp3) is 0.294. The number of hydrogen-bond acceptors (Lipinski definition) is 3. The molecule has 0 unspecified atom stereocenters. The zero-order valence-electron chi connectivity index (χ0n) is 12.3. The van der Waals surface area contributed by atoms with Gasteiger partial charge in [0.25, 0.3) is 5.91 Å². The maximum absolute atomic E-state index is 12.6. The van der Waals surface area contributed by atoms with E-state index in [1.54, 1.807) is 0 Å². The number of anilines is 2. The second kappa shape index (κ2) is 5.94. The number of rotatable bonds is 2. The highest BCUT2D eigenvalue weighted by Gasteiger charge is 2.26. The molecule has 1 aromatic carbocycles. The molecule has 1 aliphatic heterocycles.